The molecule has 2 aromatic carbocycles. The van der Waals surface area contributed by atoms with Gasteiger partial charge in [-0.1, -0.05) is 53.8 Å². The second-order valence-corrected chi connectivity index (χ2v) is 7.35. The number of carbonyl (C=O) groups excluding carboxylic acids is 1. The molecule has 0 radical (unpaired) electrons. The van der Waals surface area contributed by atoms with Crippen molar-refractivity contribution < 1.29 is 18.7 Å². The van der Waals surface area contributed by atoms with Crippen LogP contribution in [0, 0.1) is 5.82 Å². The third-order valence-corrected chi connectivity index (χ3v) is 5.10. The number of ether oxygens (including phenoxy) is 2. The SMILES string of the molecule is COc1cccc(C=C2SC(=S)NC2=O)c1OCc1c(F)cccc1Cl. The highest BCUT2D eigenvalue weighted by Crippen LogP contribution is 2.36. The lowest BCUT2D eigenvalue weighted by Gasteiger charge is -2.14. The third kappa shape index (κ3) is 4.00. The second-order valence-electron chi connectivity index (χ2n) is 5.22. The number of carbonyl (C=O) groups is 1. The molecule has 8 heteroatoms. The molecule has 1 heterocycles. The molecule has 0 aromatic heterocycles. The Kier molecular flexibility index (Phi) is 5.80. The number of amides is 1. The van der Waals surface area contributed by atoms with Gasteiger partial charge < -0.3 is 14.8 Å². The van der Waals surface area contributed by atoms with Gasteiger partial charge >= 0.3 is 0 Å². The van der Waals surface area contributed by atoms with Crippen molar-refractivity contribution in [1.29, 1.82) is 0 Å². The summed E-state index contributed by atoms with van der Waals surface area (Å²) in [5, 5.41) is 2.83. The van der Waals surface area contributed by atoms with Crippen LogP contribution in [-0.2, 0) is 11.4 Å². The minimum absolute atomic E-state index is 0.0835. The van der Waals surface area contributed by atoms with Gasteiger partial charge in [0.25, 0.3) is 5.91 Å². The van der Waals surface area contributed by atoms with Gasteiger partial charge in [0.05, 0.1) is 17.0 Å². The zero-order valence-corrected chi connectivity index (χ0v) is 15.9. The smallest absolute Gasteiger partial charge is 0.263 e. The van der Waals surface area contributed by atoms with Crippen LogP contribution in [0.15, 0.2) is 41.3 Å². The van der Waals surface area contributed by atoms with Crippen molar-refractivity contribution >= 4 is 51.9 Å². The van der Waals surface area contributed by atoms with E-state index < -0.39 is 5.82 Å². The molecule has 0 saturated carbocycles. The quantitative estimate of drug-likeness (QED) is 0.579. The zero-order chi connectivity index (χ0) is 18.7. The first-order valence-electron chi connectivity index (χ1n) is 7.47. The highest BCUT2D eigenvalue weighted by molar-refractivity contribution is 8.26. The van der Waals surface area contributed by atoms with Crippen LogP contribution < -0.4 is 14.8 Å². The Bertz CT molecular complexity index is 897. The van der Waals surface area contributed by atoms with Gasteiger partial charge in [-0.3, -0.25) is 4.79 Å². The Hall–Kier alpha value is -2.09. The Morgan fingerprint density at radius 1 is 1.31 bits per heavy atom. The number of thioether (sulfide) groups is 1. The number of para-hydroxylation sites is 1. The highest BCUT2D eigenvalue weighted by atomic mass is 35.5. The minimum Gasteiger partial charge on any atom is -0.493 e. The number of hydrogen-bond donors (Lipinski definition) is 1. The predicted octanol–water partition coefficient (Wildman–Crippen LogP) is 4.56. The van der Waals surface area contributed by atoms with Crippen LogP contribution in [0.5, 0.6) is 11.5 Å². The van der Waals surface area contributed by atoms with Gasteiger partial charge in [0.1, 0.15) is 16.7 Å². The van der Waals surface area contributed by atoms with Crippen LogP contribution in [0.1, 0.15) is 11.1 Å². The Morgan fingerprint density at radius 2 is 2.08 bits per heavy atom. The van der Waals surface area contributed by atoms with E-state index in [9.17, 15) is 9.18 Å². The predicted molar refractivity (Wildman–Crippen MR) is 105 cm³/mol. The number of hydrogen-bond acceptors (Lipinski definition) is 5. The van der Waals surface area contributed by atoms with Gasteiger partial charge in [0, 0.05) is 11.1 Å². The number of methoxy groups -OCH3 is 1. The maximum atomic E-state index is 14.0. The molecule has 2 aromatic rings. The van der Waals surface area contributed by atoms with Gasteiger partial charge in [0.2, 0.25) is 0 Å². The van der Waals surface area contributed by atoms with Gasteiger partial charge in [-0.05, 0) is 24.3 Å². The summed E-state index contributed by atoms with van der Waals surface area (Å²) >= 11 is 12.2. The topological polar surface area (TPSA) is 47.6 Å². The lowest BCUT2D eigenvalue weighted by Crippen LogP contribution is -2.17. The molecule has 0 unspecified atom stereocenters. The first-order valence-corrected chi connectivity index (χ1v) is 9.07. The van der Waals surface area contributed by atoms with E-state index in [-0.39, 0.29) is 23.1 Å². The largest absolute Gasteiger partial charge is 0.493 e. The monoisotopic (exact) mass is 409 g/mol. The van der Waals surface area contributed by atoms with Gasteiger partial charge in [-0.2, -0.15) is 0 Å². The van der Waals surface area contributed by atoms with E-state index in [1.165, 1.54) is 19.2 Å². The first-order chi connectivity index (χ1) is 12.5. The highest BCUT2D eigenvalue weighted by Gasteiger charge is 2.23. The molecular weight excluding hydrogens is 397 g/mol. The number of halogens is 2. The van der Waals surface area contributed by atoms with Crippen molar-refractivity contribution in [2.24, 2.45) is 0 Å². The maximum Gasteiger partial charge on any atom is 0.263 e. The van der Waals surface area contributed by atoms with Crippen LogP contribution in [0.25, 0.3) is 6.08 Å². The molecular formula is C18H13ClFNO3S2. The fourth-order valence-electron chi connectivity index (χ4n) is 2.34. The van der Waals surface area contributed by atoms with Gasteiger partial charge in [-0.15, -0.1) is 0 Å². The van der Waals surface area contributed by atoms with E-state index in [1.54, 1.807) is 30.3 Å². The average Bonchev–Trinajstić information content (AvgIpc) is 2.92. The summed E-state index contributed by atoms with van der Waals surface area (Å²) in [4.78, 5) is 12.3. The lowest BCUT2D eigenvalue weighted by atomic mass is 10.1. The van der Waals surface area contributed by atoms with E-state index in [2.05, 4.69) is 5.32 Å². The van der Waals surface area contributed by atoms with Crippen LogP contribution in [0.2, 0.25) is 5.02 Å². The maximum absolute atomic E-state index is 14.0. The molecule has 134 valence electrons. The van der Waals surface area contributed by atoms with Crippen molar-refractivity contribution in [2.75, 3.05) is 7.11 Å². The van der Waals surface area contributed by atoms with E-state index >= 15 is 0 Å². The number of nitrogens with one attached hydrogen (secondary N) is 1. The Balaban J connectivity index is 1.94. The lowest BCUT2D eigenvalue weighted by molar-refractivity contribution is -0.115. The molecule has 0 atom stereocenters. The number of thiocarbonyl (C=S) groups is 1. The van der Waals surface area contributed by atoms with Gasteiger partial charge in [0.15, 0.2) is 11.5 Å². The van der Waals surface area contributed by atoms with E-state index in [0.717, 1.165) is 11.8 Å². The summed E-state index contributed by atoms with van der Waals surface area (Å²) in [5.41, 5.74) is 0.854. The van der Waals surface area contributed by atoms with Crippen molar-refractivity contribution in [3.63, 3.8) is 0 Å². The molecule has 1 aliphatic heterocycles. The summed E-state index contributed by atoms with van der Waals surface area (Å²) < 4.78 is 25.5. The summed E-state index contributed by atoms with van der Waals surface area (Å²) in [7, 11) is 1.50. The van der Waals surface area contributed by atoms with Crippen LogP contribution in [0.4, 0.5) is 4.39 Å². The molecule has 1 amide bonds. The molecule has 1 aliphatic rings. The van der Waals surface area contributed by atoms with Crippen LogP contribution in [0.3, 0.4) is 0 Å². The zero-order valence-electron chi connectivity index (χ0n) is 13.5. The summed E-state index contributed by atoms with van der Waals surface area (Å²) in [6, 6.07) is 9.68. The van der Waals surface area contributed by atoms with Crippen molar-refractivity contribution in [1.82, 2.24) is 5.32 Å². The molecule has 4 nitrogen and oxygen atoms in total. The molecule has 1 fully saturated rings. The van der Waals surface area contributed by atoms with E-state index in [0.29, 0.717) is 26.3 Å². The van der Waals surface area contributed by atoms with Crippen molar-refractivity contribution in [3.8, 4) is 11.5 Å². The van der Waals surface area contributed by atoms with E-state index in [4.69, 9.17) is 33.3 Å². The minimum atomic E-state index is -0.455. The first kappa shape index (κ1) is 18.7. The standard InChI is InChI=1S/C18H13ClFNO3S2/c1-23-14-7-2-4-10(8-15-17(22)21-18(25)26-15)16(14)24-9-11-12(19)5-3-6-13(11)20/h2-8H,9H2,1H3,(H,21,22,25). The number of rotatable bonds is 5. The second kappa shape index (κ2) is 8.07. The van der Waals surface area contributed by atoms with Crippen LogP contribution >= 0.6 is 35.6 Å². The normalized spacial score (nSPS) is 15.3. The van der Waals surface area contributed by atoms with Crippen LogP contribution in [-0.4, -0.2) is 17.3 Å². The van der Waals surface area contributed by atoms with Crippen molar-refractivity contribution in [3.05, 3.63) is 63.3 Å². The van der Waals surface area contributed by atoms with E-state index in [1.807, 2.05) is 0 Å². The number of benzene rings is 2. The fraction of sp³-hybridized carbons (Fsp3) is 0.111. The fourth-order valence-corrected chi connectivity index (χ4v) is 3.59. The Morgan fingerprint density at radius 3 is 2.73 bits per heavy atom. The molecule has 0 aliphatic carbocycles. The Labute approximate surface area is 164 Å². The third-order valence-electron chi connectivity index (χ3n) is 3.58. The summed E-state index contributed by atoms with van der Waals surface area (Å²) in [6.07, 6.45) is 1.65. The summed E-state index contributed by atoms with van der Waals surface area (Å²) in [5.74, 6) is 0.111. The molecule has 0 bridgehead atoms. The molecule has 1 saturated heterocycles. The van der Waals surface area contributed by atoms with Gasteiger partial charge in [-0.25, -0.2) is 4.39 Å². The average molecular weight is 410 g/mol. The molecule has 26 heavy (non-hydrogen) atoms. The molecule has 3 rings (SSSR count). The van der Waals surface area contributed by atoms with Crippen molar-refractivity contribution in [2.45, 2.75) is 6.61 Å². The molecule has 0 spiro atoms. The summed E-state index contributed by atoms with van der Waals surface area (Å²) in [6.45, 7) is -0.0835. The molecule has 1 N–H and O–H groups in total.